The van der Waals surface area contributed by atoms with Crippen LogP contribution >= 0.6 is 27.3 Å². The van der Waals surface area contributed by atoms with Crippen molar-refractivity contribution in [3.05, 3.63) is 48.7 Å². The van der Waals surface area contributed by atoms with Gasteiger partial charge in [-0.25, -0.2) is 4.79 Å². The molecule has 2 aromatic heterocycles. The first-order valence-electron chi connectivity index (χ1n) is 4.85. The molecule has 0 aliphatic heterocycles. The molecule has 0 atom stereocenters. The Morgan fingerprint density at radius 2 is 2.25 bits per heavy atom. The lowest BCUT2D eigenvalue weighted by atomic mass is 10.3. The molecular formula is C11H11BrN2OS. The molecule has 0 aliphatic carbocycles. The van der Waals surface area contributed by atoms with Crippen molar-refractivity contribution >= 4 is 27.3 Å². The first kappa shape index (κ1) is 11.5. The van der Waals surface area contributed by atoms with Crippen molar-refractivity contribution in [3.63, 3.8) is 0 Å². The summed E-state index contributed by atoms with van der Waals surface area (Å²) in [7, 11) is 0. The van der Waals surface area contributed by atoms with Crippen LogP contribution in [0, 0.1) is 13.8 Å². The molecule has 0 amide bonds. The first-order chi connectivity index (χ1) is 7.59. The van der Waals surface area contributed by atoms with Crippen LogP contribution in [0.3, 0.4) is 0 Å². The molecule has 0 saturated heterocycles. The van der Waals surface area contributed by atoms with Gasteiger partial charge in [0.25, 0.3) is 0 Å². The zero-order chi connectivity index (χ0) is 11.7. The van der Waals surface area contributed by atoms with Crippen molar-refractivity contribution in [2.45, 2.75) is 20.4 Å². The minimum Gasteiger partial charge on any atom is -0.290 e. The predicted molar refractivity (Wildman–Crippen MR) is 69.1 cm³/mol. The molecule has 2 aromatic rings. The third-order valence-corrected chi connectivity index (χ3v) is 4.44. The molecule has 0 unspecified atom stereocenters. The van der Waals surface area contributed by atoms with E-state index < -0.39 is 0 Å². The van der Waals surface area contributed by atoms with Crippen molar-refractivity contribution in [2.75, 3.05) is 0 Å². The molecule has 5 heteroatoms. The second kappa shape index (κ2) is 4.51. The van der Waals surface area contributed by atoms with Crippen LogP contribution in [-0.2, 0) is 6.54 Å². The lowest BCUT2D eigenvalue weighted by molar-refractivity contribution is 0.695. The molecule has 2 heterocycles. The first-order valence-corrected chi connectivity index (χ1v) is 6.53. The quantitative estimate of drug-likeness (QED) is 0.854. The van der Waals surface area contributed by atoms with Gasteiger partial charge in [0.05, 0.1) is 16.7 Å². The van der Waals surface area contributed by atoms with E-state index >= 15 is 0 Å². The summed E-state index contributed by atoms with van der Waals surface area (Å²) in [5.41, 5.74) is 1.47. The SMILES string of the molecule is Cc1nc(=O)n(Cc2cccs2)c(C)c1Br. The minimum atomic E-state index is -0.188. The second-order valence-corrected chi connectivity index (χ2v) is 5.37. The summed E-state index contributed by atoms with van der Waals surface area (Å²) < 4.78 is 2.59. The largest absolute Gasteiger partial charge is 0.348 e. The van der Waals surface area contributed by atoms with E-state index in [1.807, 2.05) is 31.4 Å². The molecule has 0 aliphatic rings. The Morgan fingerprint density at radius 3 is 2.88 bits per heavy atom. The van der Waals surface area contributed by atoms with E-state index in [0.29, 0.717) is 6.54 Å². The van der Waals surface area contributed by atoms with Crippen molar-refractivity contribution in [2.24, 2.45) is 0 Å². The molecule has 84 valence electrons. The van der Waals surface area contributed by atoms with Gasteiger partial charge in [-0.15, -0.1) is 11.3 Å². The van der Waals surface area contributed by atoms with Crippen LogP contribution in [0.25, 0.3) is 0 Å². The summed E-state index contributed by atoms with van der Waals surface area (Å²) in [6.45, 7) is 4.34. The van der Waals surface area contributed by atoms with Gasteiger partial charge in [-0.05, 0) is 41.2 Å². The van der Waals surface area contributed by atoms with Gasteiger partial charge in [0.1, 0.15) is 0 Å². The number of aryl methyl sites for hydroxylation is 1. The van der Waals surface area contributed by atoms with Crippen LogP contribution in [0.1, 0.15) is 16.3 Å². The van der Waals surface area contributed by atoms with Crippen LogP contribution in [-0.4, -0.2) is 9.55 Å². The normalized spacial score (nSPS) is 10.7. The molecular weight excluding hydrogens is 288 g/mol. The highest BCUT2D eigenvalue weighted by Gasteiger charge is 2.09. The fourth-order valence-electron chi connectivity index (χ4n) is 1.52. The third-order valence-electron chi connectivity index (χ3n) is 2.43. The van der Waals surface area contributed by atoms with E-state index in [0.717, 1.165) is 20.7 Å². The lowest BCUT2D eigenvalue weighted by Crippen LogP contribution is -2.26. The fourth-order valence-corrected chi connectivity index (χ4v) is 2.52. The van der Waals surface area contributed by atoms with Gasteiger partial charge in [-0.2, -0.15) is 4.98 Å². The predicted octanol–water partition coefficient (Wildman–Crippen LogP) is 2.73. The zero-order valence-electron chi connectivity index (χ0n) is 9.03. The second-order valence-electron chi connectivity index (χ2n) is 3.54. The molecule has 3 nitrogen and oxygen atoms in total. The Kier molecular flexibility index (Phi) is 3.25. The Morgan fingerprint density at radius 1 is 1.50 bits per heavy atom. The maximum absolute atomic E-state index is 11.8. The van der Waals surface area contributed by atoms with E-state index in [1.165, 1.54) is 0 Å². The van der Waals surface area contributed by atoms with Gasteiger partial charge in [-0.1, -0.05) is 6.07 Å². The summed E-state index contributed by atoms with van der Waals surface area (Å²) in [4.78, 5) is 16.9. The van der Waals surface area contributed by atoms with Crippen molar-refractivity contribution in [3.8, 4) is 0 Å². The van der Waals surface area contributed by atoms with E-state index in [9.17, 15) is 4.79 Å². The monoisotopic (exact) mass is 298 g/mol. The van der Waals surface area contributed by atoms with Gasteiger partial charge < -0.3 is 0 Å². The maximum atomic E-state index is 11.8. The van der Waals surface area contributed by atoms with Crippen molar-refractivity contribution in [1.29, 1.82) is 0 Å². The van der Waals surface area contributed by atoms with Crippen LogP contribution in [0.5, 0.6) is 0 Å². The van der Waals surface area contributed by atoms with Crippen LogP contribution < -0.4 is 5.69 Å². The van der Waals surface area contributed by atoms with Crippen molar-refractivity contribution < 1.29 is 0 Å². The molecule has 0 aromatic carbocycles. The number of nitrogens with zero attached hydrogens (tertiary/aromatic N) is 2. The van der Waals surface area contributed by atoms with Gasteiger partial charge in [0, 0.05) is 10.6 Å². The maximum Gasteiger partial charge on any atom is 0.348 e. The van der Waals surface area contributed by atoms with E-state index in [2.05, 4.69) is 20.9 Å². The highest BCUT2D eigenvalue weighted by molar-refractivity contribution is 9.10. The number of halogens is 1. The summed E-state index contributed by atoms with van der Waals surface area (Å²) in [6, 6.07) is 4.00. The fraction of sp³-hybridized carbons (Fsp3) is 0.273. The minimum absolute atomic E-state index is 0.188. The summed E-state index contributed by atoms with van der Waals surface area (Å²) in [5.74, 6) is 0. The number of hydrogen-bond donors (Lipinski definition) is 0. The standard InChI is InChI=1S/C11H11BrN2OS/c1-7-10(12)8(2)14(11(15)13-7)6-9-4-3-5-16-9/h3-5H,6H2,1-2H3. The molecule has 16 heavy (non-hydrogen) atoms. The number of thiophene rings is 1. The molecule has 0 radical (unpaired) electrons. The molecule has 0 fully saturated rings. The van der Waals surface area contributed by atoms with E-state index in [-0.39, 0.29) is 5.69 Å². The average molecular weight is 299 g/mol. The Bertz CT molecular complexity index is 560. The van der Waals surface area contributed by atoms with Crippen LogP contribution in [0.2, 0.25) is 0 Å². The highest BCUT2D eigenvalue weighted by atomic mass is 79.9. The van der Waals surface area contributed by atoms with Crippen LogP contribution in [0.15, 0.2) is 26.8 Å². The van der Waals surface area contributed by atoms with E-state index in [4.69, 9.17) is 0 Å². The van der Waals surface area contributed by atoms with Gasteiger partial charge >= 0.3 is 5.69 Å². The van der Waals surface area contributed by atoms with Crippen LogP contribution in [0.4, 0.5) is 0 Å². The number of rotatable bonds is 2. The Labute approximate surface area is 106 Å². The molecule has 0 N–H and O–H groups in total. The van der Waals surface area contributed by atoms with Crippen molar-refractivity contribution in [1.82, 2.24) is 9.55 Å². The average Bonchev–Trinajstić information content (AvgIpc) is 2.74. The lowest BCUT2D eigenvalue weighted by Gasteiger charge is -2.10. The molecule has 0 saturated carbocycles. The highest BCUT2D eigenvalue weighted by Crippen LogP contribution is 2.18. The molecule has 0 spiro atoms. The Hall–Kier alpha value is -0.940. The van der Waals surface area contributed by atoms with E-state index in [1.54, 1.807) is 15.9 Å². The van der Waals surface area contributed by atoms with Gasteiger partial charge in [0.2, 0.25) is 0 Å². The number of aromatic nitrogens is 2. The number of hydrogen-bond acceptors (Lipinski definition) is 3. The molecule has 0 bridgehead atoms. The van der Waals surface area contributed by atoms with Gasteiger partial charge in [0.15, 0.2) is 0 Å². The van der Waals surface area contributed by atoms with Gasteiger partial charge in [-0.3, -0.25) is 4.57 Å². The Balaban J connectivity index is 2.49. The smallest absolute Gasteiger partial charge is 0.290 e. The summed E-state index contributed by atoms with van der Waals surface area (Å²) in [6.07, 6.45) is 0. The zero-order valence-corrected chi connectivity index (χ0v) is 11.4. The summed E-state index contributed by atoms with van der Waals surface area (Å²) in [5, 5.41) is 2.01. The molecule has 2 rings (SSSR count). The topological polar surface area (TPSA) is 34.9 Å². The summed E-state index contributed by atoms with van der Waals surface area (Å²) >= 11 is 5.09. The third kappa shape index (κ3) is 2.10.